The molecule has 17 heavy (non-hydrogen) atoms. The van der Waals surface area contributed by atoms with Crippen LogP contribution in [0.5, 0.6) is 0 Å². The summed E-state index contributed by atoms with van der Waals surface area (Å²) < 4.78 is 0. The van der Waals surface area contributed by atoms with Crippen molar-refractivity contribution in [1.29, 1.82) is 0 Å². The summed E-state index contributed by atoms with van der Waals surface area (Å²) >= 11 is 0. The van der Waals surface area contributed by atoms with E-state index < -0.39 is 12.1 Å². The van der Waals surface area contributed by atoms with Crippen LogP contribution in [-0.2, 0) is 4.79 Å². The number of amides is 2. The van der Waals surface area contributed by atoms with Crippen molar-refractivity contribution in [2.45, 2.75) is 44.8 Å². The van der Waals surface area contributed by atoms with Gasteiger partial charge in [-0.15, -0.1) is 0 Å². The Kier molecular flexibility index (Phi) is 4.34. The molecule has 0 aromatic rings. The van der Waals surface area contributed by atoms with Gasteiger partial charge in [0, 0.05) is 18.5 Å². The van der Waals surface area contributed by atoms with Crippen LogP contribution in [0.25, 0.3) is 0 Å². The van der Waals surface area contributed by atoms with Crippen molar-refractivity contribution >= 4 is 12.0 Å². The molecule has 1 aliphatic rings. The van der Waals surface area contributed by atoms with Crippen LogP contribution in [0, 0.1) is 5.92 Å². The van der Waals surface area contributed by atoms with Gasteiger partial charge in [-0.3, -0.25) is 0 Å². The first kappa shape index (κ1) is 13.8. The van der Waals surface area contributed by atoms with Crippen molar-refractivity contribution in [1.82, 2.24) is 10.6 Å². The Morgan fingerprint density at radius 3 is 2.47 bits per heavy atom. The average molecular weight is 244 g/mol. The maximum atomic E-state index is 11.5. The monoisotopic (exact) mass is 244 g/mol. The molecule has 1 aliphatic carbocycles. The van der Waals surface area contributed by atoms with E-state index in [9.17, 15) is 9.59 Å². The zero-order chi connectivity index (χ0) is 13.1. The highest BCUT2D eigenvalue weighted by Gasteiger charge is 2.38. The van der Waals surface area contributed by atoms with E-state index >= 15 is 0 Å². The van der Waals surface area contributed by atoms with Crippen LogP contribution in [0.3, 0.4) is 0 Å². The van der Waals surface area contributed by atoms with Gasteiger partial charge >= 0.3 is 12.0 Å². The second-order valence-electron chi connectivity index (χ2n) is 5.02. The molecule has 4 N–H and O–H groups in total. The summed E-state index contributed by atoms with van der Waals surface area (Å²) in [5.41, 5.74) is -0.227. The van der Waals surface area contributed by atoms with Crippen molar-refractivity contribution in [2.24, 2.45) is 5.92 Å². The van der Waals surface area contributed by atoms with Gasteiger partial charge in [-0.05, 0) is 32.6 Å². The summed E-state index contributed by atoms with van der Waals surface area (Å²) in [6.45, 7) is 4.08. The number of carboxylic acids is 1. The molecule has 1 unspecified atom stereocenters. The first-order valence-electron chi connectivity index (χ1n) is 5.80. The third-order valence-electron chi connectivity index (χ3n) is 3.02. The Morgan fingerprint density at radius 1 is 1.41 bits per heavy atom. The van der Waals surface area contributed by atoms with Gasteiger partial charge in [-0.1, -0.05) is 0 Å². The zero-order valence-electron chi connectivity index (χ0n) is 10.2. The molecule has 0 radical (unpaired) electrons. The summed E-state index contributed by atoms with van der Waals surface area (Å²) in [6.07, 6.45) is 0.842. The molecule has 0 heterocycles. The van der Waals surface area contributed by atoms with Gasteiger partial charge in [-0.2, -0.15) is 0 Å². The summed E-state index contributed by atoms with van der Waals surface area (Å²) in [5.74, 6) is -0.747. The van der Waals surface area contributed by atoms with Gasteiger partial charge < -0.3 is 20.8 Å². The molecule has 0 aromatic carbocycles. The van der Waals surface area contributed by atoms with Crippen LogP contribution in [0.15, 0.2) is 0 Å². The van der Waals surface area contributed by atoms with Gasteiger partial charge in [-0.25, -0.2) is 9.59 Å². The fourth-order valence-corrected chi connectivity index (χ4v) is 1.69. The lowest BCUT2D eigenvalue weighted by Gasteiger charge is -2.26. The third kappa shape index (κ3) is 4.60. The number of rotatable bonds is 6. The number of urea groups is 1. The number of aliphatic hydroxyl groups excluding tert-OH is 1. The fraction of sp³-hybridized carbons (Fsp3) is 0.818. The summed E-state index contributed by atoms with van der Waals surface area (Å²) in [4.78, 5) is 21.8. The van der Waals surface area contributed by atoms with Crippen LogP contribution in [0.2, 0.25) is 0 Å². The van der Waals surface area contributed by atoms with Gasteiger partial charge in [0.05, 0.1) is 0 Å². The SMILES string of the molecule is CC(C)(NC(=O)NCCC(O)C(=O)O)C1CC1. The molecule has 98 valence electrons. The van der Waals surface area contributed by atoms with Crippen LogP contribution < -0.4 is 10.6 Å². The maximum Gasteiger partial charge on any atom is 0.332 e. The van der Waals surface area contributed by atoms with Crippen molar-refractivity contribution in [3.63, 3.8) is 0 Å². The molecule has 6 heteroatoms. The fourth-order valence-electron chi connectivity index (χ4n) is 1.69. The lowest BCUT2D eigenvalue weighted by molar-refractivity contribution is -0.146. The normalized spacial score (nSPS) is 17.4. The minimum Gasteiger partial charge on any atom is -0.479 e. The van der Waals surface area contributed by atoms with Crippen LogP contribution in [0.4, 0.5) is 4.79 Å². The molecule has 0 aromatic heterocycles. The van der Waals surface area contributed by atoms with Crippen LogP contribution in [-0.4, -0.2) is 40.4 Å². The molecular formula is C11H20N2O4. The molecule has 0 bridgehead atoms. The van der Waals surface area contributed by atoms with Crippen LogP contribution in [0.1, 0.15) is 33.1 Å². The third-order valence-corrected chi connectivity index (χ3v) is 3.02. The maximum absolute atomic E-state index is 11.5. The van der Waals surface area contributed by atoms with E-state index in [4.69, 9.17) is 10.2 Å². The van der Waals surface area contributed by atoms with E-state index in [0.717, 1.165) is 12.8 Å². The van der Waals surface area contributed by atoms with Crippen LogP contribution >= 0.6 is 0 Å². The van der Waals surface area contributed by atoms with Gasteiger partial charge in [0.1, 0.15) is 0 Å². The largest absolute Gasteiger partial charge is 0.479 e. The first-order chi connectivity index (χ1) is 7.83. The first-order valence-corrected chi connectivity index (χ1v) is 5.80. The molecule has 0 spiro atoms. The summed E-state index contributed by atoms with van der Waals surface area (Å²) in [6, 6.07) is -0.320. The smallest absolute Gasteiger partial charge is 0.332 e. The molecule has 1 fully saturated rings. The number of hydrogen-bond acceptors (Lipinski definition) is 3. The Balaban J connectivity index is 2.19. The minimum atomic E-state index is -1.42. The second-order valence-corrected chi connectivity index (χ2v) is 5.02. The lowest BCUT2D eigenvalue weighted by atomic mass is 9.99. The van der Waals surface area contributed by atoms with Gasteiger partial charge in [0.2, 0.25) is 0 Å². The number of hydrogen-bond donors (Lipinski definition) is 4. The minimum absolute atomic E-state index is 0.00656. The Morgan fingerprint density at radius 2 is 2.00 bits per heavy atom. The quantitative estimate of drug-likeness (QED) is 0.540. The number of carboxylic acid groups (broad SMARTS) is 1. The Labute approximate surface area is 100 Å². The molecule has 0 saturated heterocycles. The van der Waals surface area contributed by atoms with Crippen molar-refractivity contribution < 1.29 is 19.8 Å². The summed E-state index contributed by atoms with van der Waals surface area (Å²) in [7, 11) is 0. The number of aliphatic hydroxyl groups is 1. The van der Waals surface area contributed by atoms with E-state index in [-0.39, 0.29) is 24.5 Å². The topological polar surface area (TPSA) is 98.7 Å². The van der Waals surface area contributed by atoms with E-state index in [0.29, 0.717) is 5.92 Å². The van der Waals surface area contributed by atoms with E-state index in [1.54, 1.807) is 0 Å². The molecule has 0 aliphatic heterocycles. The number of carbonyl (C=O) groups is 2. The highest BCUT2D eigenvalue weighted by Crippen LogP contribution is 2.38. The Bertz CT molecular complexity index is 300. The highest BCUT2D eigenvalue weighted by atomic mass is 16.4. The predicted octanol–water partition coefficient (Wildman–Crippen LogP) is 0.310. The molecular weight excluding hydrogens is 224 g/mol. The Hall–Kier alpha value is -1.30. The zero-order valence-corrected chi connectivity index (χ0v) is 10.2. The lowest BCUT2D eigenvalue weighted by Crippen LogP contribution is -2.50. The van der Waals surface area contributed by atoms with E-state index in [2.05, 4.69) is 10.6 Å². The number of nitrogens with one attached hydrogen (secondary N) is 2. The highest BCUT2D eigenvalue weighted by molar-refractivity contribution is 5.75. The molecule has 1 rings (SSSR count). The number of carbonyl (C=O) groups excluding carboxylic acids is 1. The summed E-state index contributed by atoms with van der Waals surface area (Å²) in [5, 5.41) is 22.8. The molecule has 1 saturated carbocycles. The molecule has 2 amide bonds. The standard InChI is InChI=1S/C11H20N2O4/c1-11(2,7-3-4-7)13-10(17)12-6-5-8(14)9(15)16/h7-8,14H,3-6H2,1-2H3,(H,15,16)(H2,12,13,17). The van der Waals surface area contributed by atoms with Crippen molar-refractivity contribution in [3.8, 4) is 0 Å². The van der Waals surface area contributed by atoms with Gasteiger partial charge in [0.25, 0.3) is 0 Å². The average Bonchev–Trinajstić information content (AvgIpc) is 2.99. The van der Waals surface area contributed by atoms with Crippen molar-refractivity contribution in [2.75, 3.05) is 6.54 Å². The van der Waals surface area contributed by atoms with Crippen molar-refractivity contribution in [3.05, 3.63) is 0 Å². The molecule has 1 atom stereocenters. The van der Waals surface area contributed by atoms with E-state index in [1.807, 2.05) is 13.8 Å². The second kappa shape index (κ2) is 5.35. The number of aliphatic carboxylic acids is 1. The van der Waals surface area contributed by atoms with Gasteiger partial charge in [0.15, 0.2) is 6.10 Å². The van der Waals surface area contributed by atoms with E-state index in [1.165, 1.54) is 0 Å². The molecule has 6 nitrogen and oxygen atoms in total. The predicted molar refractivity (Wildman–Crippen MR) is 61.6 cm³/mol.